The quantitative estimate of drug-likeness (QED) is 0.731. The zero-order valence-corrected chi connectivity index (χ0v) is 12.8. The monoisotopic (exact) mass is 282 g/mol. The van der Waals surface area contributed by atoms with Crippen molar-refractivity contribution < 1.29 is 9.50 Å². The van der Waals surface area contributed by atoms with Gasteiger partial charge in [0, 0.05) is 36.9 Å². The van der Waals surface area contributed by atoms with Crippen LogP contribution in [0.25, 0.3) is 0 Å². The van der Waals surface area contributed by atoms with Crippen LogP contribution in [0.2, 0.25) is 0 Å². The number of rotatable bonds is 9. The Labute approximate surface area is 121 Å². The van der Waals surface area contributed by atoms with E-state index in [0.717, 1.165) is 25.1 Å². The maximum atomic E-state index is 14.1. The molecule has 0 atom stereocenters. The smallest absolute Gasteiger partial charge is 0.129 e. The fraction of sp³-hybridized carbons (Fsp3) is 0.625. The summed E-state index contributed by atoms with van der Waals surface area (Å²) in [6.07, 6.45) is 2.12. The van der Waals surface area contributed by atoms with Gasteiger partial charge in [0.05, 0.1) is 6.61 Å². The first kappa shape index (κ1) is 16.9. The van der Waals surface area contributed by atoms with Crippen LogP contribution in [-0.2, 0) is 6.54 Å². The molecule has 114 valence electrons. The Morgan fingerprint density at radius 3 is 2.65 bits per heavy atom. The van der Waals surface area contributed by atoms with Crippen LogP contribution in [0.1, 0.15) is 39.2 Å². The maximum absolute atomic E-state index is 14.1. The summed E-state index contributed by atoms with van der Waals surface area (Å²) in [6, 6.07) is 5.48. The van der Waals surface area contributed by atoms with E-state index in [-0.39, 0.29) is 12.4 Å². The van der Waals surface area contributed by atoms with Gasteiger partial charge in [0.2, 0.25) is 0 Å². The number of aliphatic hydroxyl groups excluding tert-OH is 1. The minimum atomic E-state index is -0.185. The number of aliphatic hydroxyl groups is 1. The molecule has 0 aliphatic carbocycles. The van der Waals surface area contributed by atoms with Crippen LogP contribution >= 0.6 is 0 Å². The molecule has 0 aliphatic heterocycles. The predicted molar refractivity (Wildman–Crippen MR) is 82.6 cm³/mol. The Kier molecular flexibility index (Phi) is 7.55. The fourth-order valence-corrected chi connectivity index (χ4v) is 2.15. The number of anilines is 1. The maximum Gasteiger partial charge on any atom is 0.129 e. The molecular weight excluding hydrogens is 255 g/mol. The molecule has 1 rings (SSSR count). The van der Waals surface area contributed by atoms with Gasteiger partial charge >= 0.3 is 0 Å². The zero-order valence-electron chi connectivity index (χ0n) is 12.8. The van der Waals surface area contributed by atoms with Gasteiger partial charge in [-0.3, -0.25) is 0 Å². The molecule has 2 N–H and O–H groups in total. The highest BCUT2D eigenvalue weighted by Gasteiger charge is 2.14. The molecule has 0 heterocycles. The lowest BCUT2D eigenvalue weighted by Gasteiger charge is -2.27. The molecule has 0 fully saturated rings. The van der Waals surface area contributed by atoms with Crippen molar-refractivity contribution >= 4 is 5.69 Å². The molecule has 0 spiro atoms. The summed E-state index contributed by atoms with van der Waals surface area (Å²) >= 11 is 0. The molecule has 20 heavy (non-hydrogen) atoms. The third kappa shape index (κ3) is 5.10. The summed E-state index contributed by atoms with van der Waals surface area (Å²) < 4.78 is 14.1. The molecule has 4 heteroatoms. The van der Waals surface area contributed by atoms with Crippen molar-refractivity contribution in [2.45, 2.75) is 46.2 Å². The SMILES string of the molecule is CCCCN(CCO)c1cccc(F)c1CNC(C)C. The highest BCUT2D eigenvalue weighted by Crippen LogP contribution is 2.23. The zero-order chi connectivity index (χ0) is 15.0. The first-order valence-electron chi connectivity index (χ1n) is 7.46. The molecule has 0 radical (unpaired) electrons. The molecule has 1 aromatic carbocycles. The number of hydrogen-bond acceptors (Lipinski definition) is 3. The van der Waals surface area contributed by atoms with Crippen LogP contribution < -0.4 is 10.2 Å². The Hall–Kier alpha value is -1.13. The van der Waals surface area contributed by atoms with Crippen LogP contribution in [0.4, 0.5) is 10.1 Å². The highest BCUT2D eigenvalue weighted by molar-refractivity contribution is 5.54. The molecule has 3 nitrogen and oxygen atoms in total. The van der Waals surface area contributed by atoms with E-state index < -0.39 is 0 Å². The predicted octanol–water partition coefficient (Wildman–Crippen LogP) is 2.92. The summed E-state index contributed by atoms with van der Waals surface area (Å²) in [7, 11) is 0. The molecule has 0 amide bonds. The summed E-state index contributed by atoms with van der Waals surface area (Å²) in [4.78, 5) is 2.07. The van der Waals surface area contributed by atoms with E-state index in [1.54, 1.807) is 6.07 Å². The second-order valence-corrected chi connectivity index (χ2v) is 5.34. The van der Waals surface area contributed by atoms with Crippen LogP contribution in [0.5, 0.6) is 0 Å². The second-order valence-electron chi connectivity index (χ2n) is 5.34. The molecule has 0 aromatic heterocycles. The van der Waals surface area contributed by atoms with E-state index in [2.05, 4.69) is 17.1 Å². The standard InChI is InChI=1S/C16H27FN2O/c1-4-5-9-19(10-11-20)16-8-6-7-15(17)14(16)12-18-13(2)3/h6-8,13,18,20H,4-5,9-12H2,1-3H3. The van der Waals surface area contributed by atoms with E-state index in [9.17, 15) is 9.50 Å². The minimum absolute atomic E-state index is 0.0806. The van der Waals surface area contributed by atoms with Gasteiger partial charge < -0.3 is 15.3 Å². The third-order valence-electron chi connectivity index (χ3n) is 3.27. The van der Waals surface area contributed by atoms with Crippen LogP contribution in [0.15, 0.2) is 18.2 Å². The number of nitrogens with zero attached hydrogens (tertiary/aromatic N) is 1. The second kappa shape index (κ2) is 8.93. The van der Waals surface area contributed by atoms with Gasteiger partial charge in [0.1, 0.15) is 5.82 Å². The van der Waals surface area contributed by atoms with Crippen LogP contribution in [-0.4, -0.2) is 30.8 Å². The number of benzene rings is 1. The highest BCUT2D eigenvalue weighted by atomic mass is 19.1. The van der Waals surface area contributed by atoms with E-state index in [4.69, 9.17) is 0 Å². The average Bonchev–Trinajstić information content (AvgIpc) is 2.41. The minimum Gasteiger partial charge on any atom is -0.395 e. The van der Waals surface area contributed by atoms with E-state index >= 15 is 0 Å². The summed E-state index contributed by atoms with van der Waals surface area (Å²) in [5, 5.41) is 12.5. The Morgan fingerprint density at radius 2 is 2.05 bits per heavy atom. The third-order valence-corrected chi connectivity index (χ3v) is 3.27. The lowest BCUT2D eigenvalue weighted by Crippen LogP contribution is -2.30. The topological polar surface area (TPSA) is 35.5 Å². The molecule has 1 aromatic rings. The first-order chi connectivity index (χ1) is 9.60. The van der Waals surface area contributed by atoms with Crippen molar-refractivity contribution in [3.05, 3.63) is 29.6 Å². The van der Waals surface area contributed by atoms with Crippen molar-refractivity contribution in [3.63, 3.8) is 0 Å². The molecule has 0 unspecified atom stereocenters. The van der Waals surface area contributed by atoms with Crippen molar-refractivity contribution in [2.75, 3.05) is 24.6 Å². The number of halogens is 1. The fourth-order valence-electron chi connectivity index (χ4n) is 2.15. The normalized spacial score (nSPS) is 11.1. The van der Waals surface area contributed by atoms with Gasteiger partial charge in [-0.2, -0.15) is 0 Å². The Bertz CT molecular complexity index is 396. The lowest BCUT2D eigenvalue weighted by molar-refractivity contribution is 0.301. The number of hydrogen-bond donors (Lipinski definition) is 2. The van der Waals surface area contributed by atoms with Crippen LogP contribution in [0.3, 0.4) is 0 Å². The molecule has 0 aliphatic rings. The summed E-state index contributed by atoms with van der Waals surface area (Å²) in [6.45, 7) is 8.19. The first-order valence-corrected chi connectivity index (χ1v) is 7.46. The molecule has 0 bridgehead atoms. The van der Waals surface area contributed by atoms with Crippen LogP contribution in [0, 0.1) is 5.82 Å². The van der Waals surface area contributed by atoms with Gasteiger partial charge in [-0.15, -0.1) is 0 Å². The lowest BCUT2D eigenvalue weighted by atomic mass is 10.1. The van der Waals surface area contributed by atoms with Gasteiger partial charge in [-0.1, -0.05) is 33.3 Å². The largest absolute Gasteiger partial charge is 0.395 e. The van der Waals surface area contributed by atoms with Gasteiger partial charge in [-0.25, -0.2) is 4.39 Å². The van der Waals surface area contributed by atoms with Crippen molar-refractivity contribution in [3.8, 4) is 0 Å². The Morgan fingerprint density at radius 1 is 1.30 bits per heavy atom. The van der Waals surface area contributed by atoms with Crippen molar-refractivity contribution in [2.24, 2.45) is 0 Å². The van der Waals surface area contributed by atoms with Gasteiger partial charge in [0.25, 0.3) is 0 Å². The number of unbranched alkanes of at least 4 members (excludes halogenated alkanes) is 1. The number of nitrogens with one attached hydrogen (secondary N) is 1. The molecular formula is C16H27FN2O. The summed E-state index contributed by atoms with van der Waals surface area (Å²) in [5.74, 6) is -0.185. The van der Waals surface area contributed by atoms with E-state index in [1.165, 1.54) is 6.07 Å². The van der Waals surface area contributed by atoms with Gasteiger partial charge in [0.15, 0.2) is 0 Å². The average molecular weight is 282 g/mol. The van der Waals surface area contributed by atoms with Gasteiger partial charge in [-0.05, 0) is 18.6 Å². The Balaban J connectivity index is 2.96. The van der Waals surface area contributed by atoms with Crippen molar-refractivity contribution in [1.82, 2.24) is 5.32 Å². The molecule has 0 saturated heterocycles. The van der Waals surface area contributed by atoms with E-state index in [1.807, 2.05) is 19.9 Å². The molecule has 0 saturated carbocycles. The summed E-state index contributed by atoms with van der Waals surface area (Å²) in [5.41, 5.74) is 1.58. The van der Waals surface area contributed by atoms with Crippen molar-refractivity contribution in [1.29, 1.82) is 0 Å². The van der Waals surface area contributed by atoms with E-state index in [0.29, 0.717) is 24.7 Å².